The normalized spacial score (nSPS) is 10.6. The average molecular weight is 265 g/mol. The molecule has 2 aromatic rings. The number of rotatable bonds is 6. The van der Waals surface area contributed by atoms with Crippen molar-refractivity contribution in [3.63, 3.8) is 0 Å². The summed E-state index contributed by atoms with van der Waals surface area (Å²) in [5, 5.41) is 8.24. The summed E-state index contributed by atoms with van der Waals surface area (Å²) in [7, 11) is 0. The first-order valence-corrected chi connectivity index (χ1v) is 6.67. The predicted octanol–water partition coefficient (Wildman–Crippen LogP) is 2.22. The van der Waals surface area contributed by atoms with Crippen molar-refractivity contribution in [2.45, 2.75) is 24.4 Å². The van der Waals surface area contributed by atoms with Crippen LogP contribution in [0.3, 0.4) is 0 Å². The van der Waals surface area contributed by atoms with E-state index in [9.17, 15) is 0 Å². The van der Waals surface area contributed by atoms with E-state index in [0.29, 0.717) is 17.7 Å². The lowest BCUT2D eigenvalue weighted by Gasteiger charge is -2.03. The molecule has 0 saturated heterocycles. The number of hydrogen-bond donors (Lipinski definition) is 1. The number of benzene rings is 1. The van der Waals surface area contributed by atoms with Crippen LogP contribution in [0, 0.1) is 0 Å². The lowest BCUT2D eigenvalue weighted by molar-refractivity contribution is 0.340. The van der Waals surface area contributed by atoms with Gasteiger partial charge >= 0.3 is 0 Å². The van der Waals surface area contributed by atoms with E-state index in [1.165, 1.54) is 17.3 Å². The minimum Gasteiger partial charge on any atom is -0.494 e. The molecule has 2 rings (SSSR count). The van der Waals surface area contributed by atoms with Crippen LogP contribution in [0.25, 0.3) is 0 Å². The van der Waals surface area contributed by atoms with E-state index < -0.39 is 0 Å². The molecule has 96 valence electrons. The van der Waals surface area contributed by atoms with E-state index in [4.69, 9.17) is 14.9 Å². The molecule has 0 saturated carbocycles. The summed E-state index contributed by atoms with van der Waals surface area (Å²) in [6.07, 6.45) is 0. The molecule has 1 aromatic heterocycles. The molecule has 0 fully saturated rings. The highest BCUT2D eigenvalue weighted by atomic mass is 32.2. The molecule has 0 unspecified atom stereocenters. The molecule has 0 atom stereocenters. The number of hydrogen-bond acceptors (Lipinski definition) is 6. The van der Waals surface area contributed by atoms with Crippen molar-refractivity contribution in [3.8, 4) is 5.75 Å². The second-order valence-electron chi connectivity index (χ2n) is 3.53. The molecule has 0 aliphatic carbocycles. The molecule has 1 heterocycles. The summed E-state index contributed by atoms with van der Waals surface area (Å²) >= 11 is 1.49. The van der Waals surface area contributed by atoms with Gasteiger partial charge in [-0.05, 0) is 24.6 Å². The second kappa shape index (κ2) is 6.42. The molecule has 1 aromatic carbocycles. The molecule has 0 radical (unpaired) electrons. The van der Waals surface area contributed by atoms with Gasteiger partial charge in [0.15, 0.2) is 0 Å². The van der Waals surface area contributed by atoms with E-state index in [1.807, 2.05) is 31.2 Å². The van der Waals surface area contributed by atoms with Crippen LogP contribution < -0.4 is 10.5 Å². The largest absolute Gasteiger partial charge is 0.494 e. The number of aromatic nitrogens is 2. The third-order valence-electron chi connectivity index (χ3n) is 2.22. The predicted molar refractivity (Wildman–Crippen MR) is 69.4 cm³/mol. The van der Waals surface area contributed by atoms with Crippen LogP contribution in [0.4, 0.5) is 0 Å². The number of thioether (sulfide) groups is 1. The number of nitrogens with two attached hydrogens (primary N) is 1. The fraction of sp³-hybridized carbons (Fsp3) is 0.333. The number of ether oxygens (including phenoxy) is 1. The van der Waals surface area contributed by atoms with Gasteiger partial charge in [-0.25, -0.2) is 0 Å². The Bertz CT molecular complexity index is 484. The standard InChI is InChI=1S/C12H15N3O2S/c1-2-16-10-5-3-9(4-6-10)8-18-12-15-14-11(7-13)17-12/h3-6H,2,7-8,13H2,1H3. The van der Waals surface area contributed by atoms with Crippen LogP contribution in [0.15, 0.2) is 33.9 Å². The maximum atomic E-state index is 5.40. The van der Waals surface area contributed by atoms with Crippen molar-refractivity contribution in [2.75, 3.05) is 6.61 Å². The summed E-state index contributed by atoms with van der Waals surface area (Å²) in [5.74, 6) is 2.12. The Balaban J connectivity index is 1.89. The van der Waals surface area contributed by atoms with Crippen molar-refractivity contribution in [1.29, 1.82) is 0 Å². The van der Waals surface area contributed by atoms with Gasteiger partial charge in [-0.15, -0.1) is 10.2 Å². The van der Waals surface area contributed by atoms with Crippen molar-refractivity contribution < 1.29 is 9.15 Å². The van der Waals surface area contributed by atoms with Gasteiger partial charge in [0.25, 0.3) is 5.22 Å². The monoisotopic (exact) mass is 265 g/mol. The van der Waals surface area contributed by atoms with Crippen LogP contribution in [0.5, 0.6) is 5.75 Å². The molecule has 0 amide bonds. The SMILES string of the molecule is CCOc1ccc(CSc2nnc(CN)o2)cc1. The molecule has 0 bridgehead atoms. The minimum atomic E-state index is 0.274. The first kappa shape index (κ1) is 12.9. The smallest absolute Gasteiger partial charge is 0.276 e. The minimum absolute atomic E-state index is 0.274. The third-order valence-corrected chi connectivity index (χ3v) is 3.11. The average Bonchev–Trinajstić information content (AvgIpc) is 2.86. The van der Waals surface area contributed by atoms with Gasteiger partial charge in [-0.1, -0.05) is 23.9 Å². The molecule has 0 aliphatic rings. The van der Waals surface area contributed by atoms with E-state index in [0.717, 1.165) is 11.5 Å². The van der Waals surface area contributed by atoms with E-state index in [-0.39, 0.29) is 6.54 Å². The Labute approximate surface area is 110 Å². The van der Waals surface area contributed by atoms with Gasteiger partial charge in [0.2, 0.25) is 5.89 Å². The highest BCUT2D eigenvalue weighted by Gasteiger charge is 2.05. The molecule has 2 N–H and O–H groups in total. The van der Waals surface area contributed by atoms with Gasteiger partial charge in [-0.2, -0.15) is 0 Å². The Hall–Kier alpha value is -1.53. The van der Waals surface area contributed by atoms with Crippen LogP contribution in [-0.2, 0) is 12.3 Å². The van der Waals surface area contributed by atoms with E-state index in [2.05, 4.69) is 10.2 Å². The fourth-order valence-corrected chi connectivity index (χ4v) is 2.11. The van der Waals surface area contributed by atoms with E-state index >= 15 is 0 Å². The van der Waals surface area contributed by atoms with Gasteiger partial charge in [0, 0.05) is 5.75 Å². The highest BCUT2D eigenvalue weighted by Crippen LogP contribution is 2.22. The summed E-state index contributed by atoms with van der Waals surface area (Å²) < 4.78 is 10.7. The van der Waals surface area contributed by atoms with Crippen molar-refractivity contribution >= 4 is 11.8 Å². The fourth-order valence-electron chi connectivity index (χ4n) is 1.37. The summed E-state index contributed by atoms with van der Waals surface area (Å²) in [5.41, 5.74) is 6.57. The van der Waals surface area contributed by atoms with Gasteiger partial charge in [-0.3, -0.25) is 0 Å². The van der Waals surface area contributed by atoms with Crippen LogP contribution in [0.2, 0.25) is 0 Å². The Morgan fingerprint density at radius 1 is 1.28 bits per heavy atom. The Morgan fingerprint density at radius 3 is 2.67 bits per heavy atom. The topological polar surface area (TPSA) is 74.2 Å². The zero-order valence-corrected chi connectivity index (χ0v) is 10.9. The maximum absolute atomic E-state index is 5.40. The molecule has 0 spiro atoms. The second-order valence-corrected chi connectivity index (χ2v) is 4.46. The molecular weight excluding hydrogens is 250 g/mol. The van der Waals surface area contributed by atoms with Crippen molar-refractivity contribution in [3.05, 3.63) is 35.7 Å². The van der Waals surface area contributed by atoms with Crippen molar-refractivity contribution in [1.82, 2.24) is 10.2 Å². The zero-order valence-electron chi connectivity index (χ0n) is 10.1. The van der Waals surface area contributed by atoms with Gasteiger partial charge < -0.3 is 14.9 Å². The van der Waals surface area contributed by atoms with Gasteiger partial charge in [0.05, 0.1) is 13.2 Å². The number of nitrogens with zero attached hydrogens (tertiary/aromatic N) is 2. The van der Waals surface area contributed by atoms with E-state index in [1.54, 1.807) is 0 Å². The third kappa shape index (κ3) is 3.48. The lowest BCUT2D eigenvalue weighted by Crippen LogP contribution is -1.95. The molecule has 18 heavy (non-hydrogen) atoms. The molecule has 0 aliphatic heterocycles. The van der Waals surface area contributed by atoms with Gasteiger partial charge in [0.1, 0.15) is 5.75 Å². The Morgan fingerprint density at radius 2 is 2.06 bits per heavy atom. The highest BCUT2D eigenvalue weighted by molar-refractivity contribution is 7.98. The lowest BCUT2D eigenvalue weighted by atomic mass is 10.2. The summed E-state index contributed by atoms with van der Waals surface area (Å²) in [6, 6.07) is 7.97. The summed E-state index contributed by atoms with van der Waals surface area (Å²) in [4.78, 5) is 0. The molecular formula is C12H15N3O2S. The van der Waals surface area contributed by atoms with Crippen LogP contribution in [0.1, 0.15) is 18.4 Å². The first-order valence-electron chi connectivity index (χ1n) is 5.68. The first-order chi connectivity index (χ1) is 8.81. The Kier molecular flexibility index (Phi) is 4.60. The van der Waals surface area contributed by atoms with Crippen LogP contribution in [-0.4, -0.2) is 16.8 Å². The van der Waals surface area contributed by atoms with Crippen molar-refractivity contribution in [2.24, 2.45) is 5.73 Å². The zero-order chi connectivity index (χ0) is 12.8. The molecule has 6 heteroatoms. The summed E-state index contributed by atoms with van der Waals surface area (Å²) in [6.45, 7) is 2.92. The molecule has 5 nitrogen and oxygen atoms in total. The quantitative estimate of drug-likeness (QED) is 0.807. The maximum Gasteiger partial charge on any atom is 0.276 e. The van der Waals surface area contributed by atoms with Crippen LogP contribution >= 0.6 is 11.8 Å².